The van der Waals surface area contributed by atoms with Crippen LogP contribution in [0, 0.1) is 5.92 Å². The predicted molar refractivity (Wildman–Crippen MR) is 155 cm³/mol. The molecule has 4 aromatic rings. The second kappa shape index (κ2) is 8.37. The number of nitrogens with zero attached hydrogens (tertiary/aromatic N) is 1. The van der Waals surface area contributed by atoms with Crippen LogP contribution in [0.4, 0.5) is 0 Å². The number of H-pyrrole nitrogens is 1. The topological polar surface area (TPSA) is 57.7 Å². The van der Waals surface area contributed by atoms with Crippen LogP contribution in [0.5, 0.6) is 11.5 Å². The molecule has 5 heteroatoms. The van der Waals surface area contributed by atoms with Crippen LogP contribution in [0.2, 0.25) is 0 Å². The van der Waals surface area contributed by atoms with E-state index in [4.69, 9.17) is 9.47 Å². The quantitative estimate of drug-likeness (QED) is 0.277. The van der Waals surface area contributed by atoms with Crippen LogP contribution >= 0.6 is 0 Å². The molecule has 0 unspecified atom stereocenters. The van der Waals surface area contributed by atoms with E-state index in [1.54, 1.807) is 0 Å². The molecule has 3 aromatic carbocycles. The van der Waals surface area contributed by atoms with Crippen molar-refractivity contribution in [3.05, 3.63) is 94.7 Å². The van der Waals surface area contributed by atoms with Gasteiger partial charge in [0.1, 0.15) is 5.60 Å². The summed E-state index contributed by atoms with van der Waals surface area (Å²) in [6.07, 6.45) is 7.33. The standard InChI is InChI=1S/C35H36N2O3/c38-28-15-14-24-19-29-35(39-18-6-9-22-7-2-1-3-8-22)20-26-25-10-4-5-11-27(25)36-31(26)33-34(35,30(24)32(28)40-33)16-17-37(29)21-23-12-13-23/h1-5,7-8,10-11,14-15,23,29,33,36,38H,6,9,12-13,16-21H2/t29-,33-,34-,35+/m0/s1. The lowest BCUT2D eigenvalue weighted by molar-refractivity contribution is -0.205. The van der Waals surface area contributed by atoms with E-state index in [1.807, 2.05) is 6.07 Å². The van der Waals surface area contributed by atoms with Crippen LogP contribution in [0.3, 0.4) is 0 Å². The molecule has 4 atom stereocenters. The van der Waals surface area contributed by atoms with Crippen LogP contribution in [0.15, 0.2) is 66.7 Å². The first kappa shape index (κ1) is 23.4. The van der Waals surface area contributed by atoms with Gasteiger partial charge >= 0.3 is 0 Å². The molecule has 5 aliphatic rings. The zero-order valence-electron chi connectivity index (χ0n) is 22.9. The number of likely N-dealkylation sites (tertiary alicyclic amines) is 1. The Labute approximate surface area is 235 Å². The van der Waals surface area contributed by atoms with Gasteiger partial charge < -0.3 is 19.6 Å². The van der Waals surface area contributed by atoms with Gasteiger partial charge in [-0.2, -0.15) is 0 Å². The molecule has 1 saturated carbocycles. The zero-order valence-corrected chi connectivity index (χ0v) is 22.9. The number of ether oxygens (including phenoxy) is 2. The van der Waals surface area contributed by atoms with Crippen molar-refractivity contribution in [3.8, 4) is 11.5 Å². The van der Waals surface area contributed by atoms with Crippen molar-refractivity contribution in [2.24, 2.45) is 5.92 Å². The highest BCUT2D eigenvalue weighted by Crippen LogP contribution is 2.70. The fourth-order valence-corrected chi connectivity index (χ4v) is 8.99. The summed E-state index contributed by atoms with van der Waals surface area (Å²) in [7, 11) is 0. The highest BCUT2D eigenvalue weighted by Gasteiger charge is 2.74. The molecule has 5 nitrogen and oxygen atoms in total. The maximum atomic E-state index is 11.1. The number of nitrogens with one attached hydrogen (secondary N) is 1. The molecule has 2 fully saturated rings. The Balaban J connectivity index is 1.21. The number of hydrogen-bond donors (Lipinski definition) is 2. The number of phenols is 1. The van der Waals surface area contributed by atoms with Crippen molar-refractivity contribution in [1.29, 1.82) is 0 Å². The zero-order chi connectivity index (χ0) is 26.5. The summed E-state index contributed by atoms with van der Waals surface area (Å²) in [4.78, 5) is 6.57. The average molecular weight is 533 g/mol. The largest absolute Gasteiger partial charge is 0.504 e. The lowest BCUT2D eigenvalue weighted by Gasteiger charge is -2.64. The van der Waals surface area contributed by atoms with Gasteiger partial charge in [0, 0.05) is 42.1 Å². The molecule has 1 spiro atoms. The van der Waals surface area contributed by atoms with Crippen molar-refractivity contribution < 1.29 is 14.6 Å². The molecule has 9 rings (SSSR count). The highest BCUT2D eigenvalue weighted by molar-refractivity contribution is 5.86. The van der Waals surface area contributed by atoms with Crippen LogP contribution < -0.4 is 4.74 Å². The first-order valence-corrected chi connectivity index (χ1v) is 15.2. The number of benzene rings is 3. The number of aromatic amines is 1. The molecule has 3 aliphatic carbocycles. The number of aryl methyl sites for hydroxylation is 1. The lowest BCUT2D eigenvalue weighted by atomic mass is 9.48. The summed E-state index contributed by atoms with van der Waals surface area (Å²) in [5.74, 6) is 1.78. The van der Waals surface area contributed by atoms with Gasteiger partial charge in [-0.1, -0.05) is 54.6 Å². The minimum atomic E-state index is -0.411. The van der Waals surface area contributed by atoms with Crippen molar-refractivity contribution >= 4 is 10.9 Å². The summed E-state index contributed by atoms with van der Waals surface area (Å²) >= 11 is 0. The molecule has 1 saturated heterocycles. The highest BCUT2D eigenvalue weighted by atomic mass is 16.5. The minimum absolute atomic E-state index is 0.189. The smallest absolute Gasteiger partial charge is 0.166 e. The normalized spacial score (nSPS) is 29.7. The fraction of sp³-hybridized carbons (Fsp3) is 0.429. The Hall–Kier alpha value is -3.28. The summed E-state index contributed by atoms with van der Waals surface area (Å²) in [5, 5.41) is 12.4. The van der Waals surface area contributed by atoms with Crippen molar-refractivity contribution in [1.82, 2.24) is 9.88 Å². The van der Waals surface area contributed by atoms with Crippen LogP contribution in [-0.4, -0.2) is 46.3 Å². The molecule has 1 aromatic heterocycles. The number of hydrogen-bond acceptors (Lipinski definition) is 4. The molecule has 40 heavy (non-hydrogen) atoms. The number of phenolic OH excluding ortho intramolecular Hbond substituents is 1. The molecule has 3 heterocycles. The lowest BCUT2D eigenvalue weighted by Crippen LogP contribution is -2.75. The first-order valence-electron chi connectivity index (χ1n) is 15.2. The number of aromatic hydroxyl groups is 1. The van der Waals surface area contributed by atoms with Crippen molar-refractivity contribution in [2.75, 3.05) is 19.7 Å². The molecule has 2 aliphatic heterocycles. The maximum Gasteiger partial charge on any atom is 0.166 e. The Kier molecular flexibility index (Phi) is 4.90. The van der Waals surface area contributed by atoms with E-state index in [-0.39, 0.29) is 23.3 Å². The SMILES string of the molecule is Oc1ccc2c3c1O[C@H]1c4[nH]c5ccccc5c4C[C@@]4(OCCCc5ccccc5)[C@H](C2)N(CC2CC2)CC[C@]314. The molecular formula is C35H36N2O3. The summed E-state index contributed by atoms with van der Waals surface area (Å²) < 4.78 is 14.4. The van der Waals surface area contributed by atoms with E-state index < -0.39 is 5.60 Å². The number of para-hydroxylation sites is 1. The van der Waals surface area contributed by atoms with Crippen LogP contribution in [-0.2, 0) is 29.4 Å². The van der Waals surface area contributed by atoms with Crippen LogP contribution in [0.1, 0.15) is 59.7 Å². The molecule has 2 N–H and O–H groups in total. The van der Waals surface area contributed by atoms with Gasteiger partial charge in [0.15, 0.2) is 17.6 Å². The van der Waals surface area contributed by atoms with Gasteiger partial charge in [-0.3, -0.25) is 4.90 Å². The van der Waals surface area contributed by atoms with E-state index >= 15 is 0 Å². The van der Waals surface area contributed by atoms with E-state index in [2.05, 4.69) is 70.5 Å². The van der Waals surface area contributed by atoms with Gasteiger partial charge in [0.25, 0.3) is 0 Å². The predicted octanol–water partition coefficient (Wildman–Crippen LogP) is 6.23. The minimum Gasteiger partial charge on any atom is -0.504 e. The summed E-state index contributed by atoms with van der Waals surface area (Å²) in [5.41, 5.74) is 6.89. The van der Waals surface area contributed by atoms with Gasteiger partial charge in [-0.25, -0.2) is 0 Å². The first-order chi connectivity index (χ1) is 19.7. The third-order valence-electron chi connectivity index (χ3n) is 10.8. The monoisotopic (exact) mass is 532 g/mol. The van der Waals surface area contributed by atoms with Gasteiger partial charge in [0.2, 0.25) is 0 Å². The second-order valence-corrected chi connectivity index (χ2v) is 12.9. The third kappa shape index (κ3) is 3.05. The summed E-state index contributed by atoms with van der Waals surface area (Å²) in [6.45, 7) is 2.95. The Morgan fingerprint density at radius 3 is 2.75 bits per heavy atom. The van der Waals surface area contributed by atoms with Gasteiger partial charge in [-0.15, -0.1) is 0 Å². The summed E-state index contributed by atoms with van der Waals surface area (Å²) in [6, 6.07) is 23.7. The molecular weight excluding hydrogens is 496 g/mol. The van der Waals surface area contributed by atoms with Crippen molar-refractivity contribution in [3.63, 3.8) is 0 Å². The average Bonchev–Trinajstić information content (AvgIpc) is 3.62. The van der Waals surface area contributed by atoms with E-state index in [9.17, 15) is 5.11 Å². The van der Waals surface area contributed by atoms with E-state index in [0.717, 1.165) is 56.7 Å². The number of piperidine rings is 1. The van der Waals surface area contributed by atoms with Crippen LogP contribution in [0.25, 0.3) is 10.9 Å². The fourth-order valence-electron chi connectivity index (χ4n) is 8.99. The maximum absolute atomic E-state index is 11.1. The van der Waals surface area contributed by atoms with Gasteiger partial charge in [-0.05, 0) is 79.8 Å². The Bertz CT molecular complexity index is 1620. The molecule has 0 radical (unpaired) electrons. The van der Waals surface area contributed by atoms with E-state index in [0.29, 0.717) is 5.75 Å². The molecule has 0 amide bonds. The Morgan fingerprint density at radius 1 is 1.02 bits per heavy atom. The van der Waals surface area contributed by atoms with E-state index in [1.165, 1.54) is 52.7 Å². The van der Waals surface area contributed by atoms with Gasteiger partial charge in [0.05, 0.1) is 11.1 Å². The number of fused-ring (bicyclic) bond motifs is 4. The third-order valence-corrected chi connectivity index (χ3v) is 10.8. The number of rotatable bonds is 7. The molecule has 204 valence electrons. The van der Waals surface area contributed by atoms with Crippen molar-refractivity contribution in [2.45, 2.75) is 68.1 Å². The second-order valence-electron chi connectivity index (χ2n) is 12.9. The number of aromatic nitrogens is 1. The molecule has 2 bridgehead atoms. The Morgan fingerprint density at radius 2 is 1.88 bits per heavy atom.